The van der Waals surface area contributed by atoms with E-state index in [4.69, 9.17) is 0 Å². The number of fused-ring (bicyclic) bond motifs is 1. The molecule has 0 spiro atoms. The second-order valence-electron chi connectivity index (χ2n) is 7.69. The molecule has 0 saturated carbocycles. The van der Waals surface area contributed by atoms with Gasteiger partial charge in [0.2, 0.25) is 0 Å². The number of hydrazone groups is 1. The summed E-state index contributed by atoms with van der Waals surface area (Å²) >= 11 is 0. The number of nitrogens with zero attached hydrogens (tertiary/aromatic N) is 3. The van der Waals surface area contributed by atoms with Gasteiger partial charge in [-0.15, -0.1) is 0 Å². The Hall–Kier alpha value is -2.76. The molecule has 1 aromatic carbocycles. The van der Waals surface area contributed by atoms with Crippen LogP contribution in [0.3, 0.4) is 0 Å². The van der Waals surface area contributed by atoms with Crippen molar-refractivity contribution in [2.75, 3.05) is 0 Å². The number of allylic oxidation sites excluding steroid dienone is 2. The number of nitrogens with one attached hydrogen (secondary N) is 1. The second-order valence-corrected chi connectivity index (χ2v) is 7.69. The topological polar surface area (TPSA) is 76.3 Å². The first-order valence-corrected chi connectivity index (χ1v) is 9.78. The highest BCUT2D eigenvalue weighted by atomic mass is 16.2. The molecule has 2 aromatic rings. The SMILES string of the molecule is CC(C)=CCC[C@H](C)C/C=N\NC(=O)c1nn(C(C)C)c(=O)c2ccccc12. The number of hydrogen-bond acceptors (Lipinski definition) is 4. The van der Waals surface area contributed by atoms with Gasteiger partial charge in [-0.2, -0.15) is 10.2 Å². The van der Waals surface area contributed by atoms with Crippen LogP contribution in [0, 0.1) is 5.92 Å². The normalized spacial score (nSPS) is 12.5. The summed E-state index contributed by atoms with van der Waals surface area (Å²) in [4.78, 5) is 25.2. The summed E-state index contributed by atoms with van der Waals surface area (Å²) in [5.41, 5.74) is 3.88. The van der Waals surface area contributed by atoms with Gasteiger partial charge in [0, 0.05) is 11.6 Å². The summed E-state index contributed by atoms with van der Waals surface area (Å²) in [6.07, 6.45) is 6.88. The van der Waals surface area contributed by atoms with E-state index >= 15 is 0 Å². The molecule has 0 aliphatic heterocycles. The van der Waals surface area contributed by atoms with Crippen molar-refractivity contribution in [3.8, 4) is 0 Å². The van der Waals surface area contributed by atoms with E-state index in [1.165, 1.54) is 10.3 Å². The molecule has 6 nitrogen and oxygen atoms in total. The van der Waals surface area contributed by atoms with Crippen LogP contribution >= 0.6 is 0 Å². The third-order valence-electron chi connectivity index (χ3n) is 4.51. The van der Waals surface area contributed by atoms with E-state index in [1.807, 2.05) is 13.8 Å². The lowest BCUT2D eigenvalue weighted by molar-refractivity contribution is 0.0949. The predicted molar refractivity (Wildman–Crippen MR) is 115 cm³/mol. The number of rotatable bonds is 8. The van der Waals surface area contributed by atoms with Crippen molar-refractivity contribution < 1.29 is 4.79 Å². The summed E-state index contributed by atoms with van der Waals surface area (Å²) in [6, 6.07) is 6.88. The minimum atomic E-state index is -0.418. The van der Waals surface area contributed by atoms with E-state index in [0.29, 0.717) is 16.7 Å². The van der Waals surface area contributed by atoms with Crippen molar-refractivity contribution in [2.45, 2.75) is 59.9 Å². The van der Waals surface area contributed by atoms with Crippen LogP contribution in [0.2, 0.25) is 0 Å². The van der Waals surface area contributed by atoms with Crippen molar-refractivity contribution >= 4 is 22.9 Å². The molecule has 28 heavy (non-hydrogen) atoms. The Morgan fingerprint density at radius 3 is 2.54 bits per heavy atom. The smallest absolute Gasteiger partial charge is 0.267 e. The van der Waals surface area contributed by atoms with Gasteiger partial charge in [-0.25, -0.2) is 10.1 Å². The van der Waals surface area contributed by atoms with E-state index in [9.17, 15) is 9.59 Å². The maximum Gasteiger partial charge on any atom is 0.292 e. The third-order valence-corrected chi connectivity index (χ3v) is 4.51. The molecule has 2 rings (SSSR count). The van der Waals surface area contributed by atoms with Crippen molar-refractivity contribution in [1.82, 2.24) is 15.2 Å². The minimum absolute atomic E-state index is 0.145. The average Bonchev–Trinajstić information content (AvgIpc) is 2.65. The maximum atomic E-state index is 12.6. The monoisotopic (exact) mass is 382 g/mol. The fraction of sp³-hybridized carbons (Fsp3) is 0.455. The maximum absolute atomic E-state index is 12.6. The van der Waals surface area contributed by atoms with E-state index in [0.717, 1.165) is 19.3 Å². The standard InChI is InChI=1S/C22H30N4O2/c1-15(2)9-8-10-17(5)13-14-23-24-21(27)20-18-11-6-7-12-19(18)22(28)26(25-20)16(3)4/h6-7,9,11-12,14,16-17H,8,10,13H2,1-5H3,(H,24,27)/b23-14-/t17-/m0/s1. The van der Waals surface area contributed by atoms with Gasteiger partial charge in [0.25, 0.3) is 11.5 Å². The van der Waals surface area contributed by atoms with Gasteiger partial charge < -0.3 is 0 Å². The Kier molecular flexibility index (Phi) is 7.67. The Bertz CT molecular complexity index is 937. The molecular formula is C22H30N4O2. The molecule has 0 radical (unpaired) electrons. The highest BCUT2D eigenvalue weighted by Crippen LogP contribution is 2.15. The van der Waals surface area contributed by atoms with Gasteiger partial charge in [0.1, 0.15) is 0 Å². The number of amides is 1. The molecule has 0 bridgehead atoms. The molecule has 1 N–H and O–H groups in total. The molecule has 6 heteroatoms. The highest BCUT2D eigenvalue weighted by Gasteiger charge is 2.17. The van der Waals surface area contributed by atoms with Gasteiger partial charge in [-0.3, -0.25) is 9.59 Å². The first-order valence-electron chi connectivity index (χ1n) is 9.78. The molecule has 1 heterocycles. The van der Waals surface area contributed by atoms with Gasteiger partial charge >= 0.3 is 0 Å². The lowest BCUT2D eigenvalue weighted by Crippen LogP contribution is -2.30. The largest absolute Gasteiger partial charge is 0.292 e. The quantitative estimate of drug-likeness (QED) is 0.416. The van der Waals surface area contributed by atoms with E-state index in [-0.39, 0.29) is 17.3 Å². The molecular weight excluding hydrogens is 352 g/mol. The molecule has 0 unspecified atom stereocenters. The van der Waals surface area contributed by atoms with Crippen LogP contribution in [-0.4, -0.2) is 21.9 Å². The van der Waals surface area contributed by atoms with Crippen LogP contribution in [-0.2, 0) is 0 Å². The van der Waals surface area contributed by atoms with Crippen molar-refractivity contribution in [3.63, 3.8) is 0 Å². The number of hydrogen-bond donors (Lipinski definition) is 1. The summed E-state index contributed by atoms with van der Waals surface area (Å²) in [5, 5.41) is 9.36. The van der Waals surface area contributed by atoms with Crippen molar-refractivity contribution in [1.29, 1.82) is 0 Å². The van der Waals surface area contributed by atoms with E-state index < -0.39 is 5.91 Å². The lowest BCUT2D eigenvalue weighted by Gasteiger charge is -2.12. The van der Waals surface area contributed by atoms with Crippen LogP contribution in [0.1, 0.15) is 70.4 Å². The van der Waals surface area contributed by atoms with Crippen LogP contribution in [0.5, 0.6) is 0 Å². The first-order chi connectivity index (χ1) is 13.3. The Morgan fingerprint density at radius 1 is 1.21 bits per heavy atom. The third kappa shape index (κ3) is 5.62. The predicted octanol–water partition coefficient (Wildman–Crippen LogP) is 4.47. The molecule has 1 atom stereocenters. The van der Waals surface area contributed by atoms with Gasteiger partial charge in [-0.05, 0) is 58.9 Å². The molecule has 1 amide bonds. The number of carbonyl (C=O) groups is 1. The number of aromatic nitrogens is 2. The fourth-order valence-electron chi connectivity index (χ4n) is 2.89. The Labute approximate surface area is 166 Å². The average molecular weight is 383 g/mol. The lowest BCUT2D eigenvalue weighted by atomic mass is 10.0. The summed E-state index contributed by atoms with van der Waals surface area (Å²) in [7, 11) is 0. The summed E-state index contributed by atoms with van der Waals surface area (Å²) < 4.78 is 1.34. The van der Waals surface area contributed by atoms with Crippen LogP contribution < -0.4 is 11.0 Å². The molecule has 0 saturated heterocycles. The molecule has 150 valence electrons. The fourth-order valence-corrected chi connectivity index (χ4v) is 2.89. The first kappa shape index (κ1) is 21.5. The Morgan fingerprint density at radius 2 is 1.89 bits per heavy atom. The van der Waals surface area contributed by atoms with Crippen LogP contribution in [0.4, 0.5) is 0 Å². The highest BCUT2D eigenvalue weighted by molar-refractivity contribution is 6.04. The van der Waals surface area contributed by atoms with Gasteiger partial charge in [0.05, 0.1) is 11.4 Å². The summed E-state index contributed by atoms with van der Waals surface area (Å²) in [5.74, 6) is 0.0668. The van der Waals surface area contributed by atoms with Crippen LogP contribution in [0.15, 0.2) is 45.8 Å². The van der Waals surface area contributed by atoms with E-state index in [1.54, 1.807) is 30.5 Å². The van der Waals surface area contributed by atoms with Crippen molar-refractivity contribution in [3.05, 3.63) is 52.0 Å². The van der Waals surface area contributed by atoms with Crippen LogP contribution in [0.25, 0.3) is 10.8 Å². The van der Waals surface area contributed by atoms with E-state index in [2.05, 4.69) is 42.5 Å². The van der Waals surface area contributed by atoms with Gasteiger partial charge in [-0.1, -0.05) is 36.8 Å². The number of benzene rings is 1. The minimum Gasteiger partial charge on any atom is -0.267 e. The number of carbonyl (C=O) groups excluding carboxylic acids is 1. The molecule has 0 aliphatic rings. The zero-order valence-corrected chi connectivity index (χ0v) is 17.4. The zero-order valence-electron chi connectivity index (χ0n) is 17.4. The zero-order chi connectivity index (χ0) is 20.7. The molecule has 0 fully saturated rings. The second kappa shape index (κ2) is 9.97. The molecule has 0 aliphatic carbocycles. The van der Waals surface area contributed by atoms with Gasteiger partial charge in [0.15, 0.2) is 5.69 Å². The Balaban J connectivity index is 2.10. The molecule has 1 aromatic heterocycles. The van der Waals surface area contributed by atoms with Crippen molar-refractivity contribution in [2.24, 2.45) is 11.0 Å². The summed E-state index contributed by atoms with van der Waals surface area (Å²) in [6.45, 7) is 10.1.